The molecule has 0 bridgehead atoms. The number of aromatic nitrogens is 1. The SMILES string of the molecule is CNC(Cc1ccccc1F)c1ncccc1Br. The highest BCUT2D eigenvalue weighted by Crippen LogP contribution is 2.24. The number of benzene rings is 1. The molecule has 1 aromatic carbocycles. The molecule has 1 N–H and O–H groups in total. The van der Waals surface area contributed by atoms with E-state index in [-0.39, 0.29) is 11.9 Å². The van der Waals surface area contributed by atoms with Crippen LogP contribution in [0.1, 0.15) is 17.3 Å². The molecule has 1 aromatic heterocycles. The van der Waals surface area contributed by atoms with Crippen LogP contribution in [0.15, 0.2) is 47.1 Å². The lowest BCUT2D eigenvalue weighted by molar-refractivity contribution is 0.543. The highest BCUT2D eigenvalue weighted by molar-refractivity contribution is 9.10. The smallest absolute Gasteiger partial charge is 0.126 e. The zero-order valence-electron chi connectivity index (χ0n) is 10.0. The van der Waals surface area contributed by atoms with E-state index < -0.39 is 0 Å². The summed E-state index contributed by atoms with van der Waals surface area (Å²) in [6.07, 6.45) is 2.31. The van der Waals surface area contributed by atoms with E-state index in [1.165, 1.54) is 6.07 Å². The Bertz CT molecular complexity index is 531. The molecule has 0 amide bonds. The van der Waals surface area contributed by atoms with Crippen LogP contribution in [-0.4, -0.2) is 12.0 Å². The maximum atomic E-state index is 13.6. The predicted octanol–water partition coefficient (Wildman–Crippen LogP) is 3.49. The highest BCUT2D eigenvalue weighted by Gasteiger charge is 2.16. The van der Waals surface area contributed by atoms with Gasteiger partial charge in [-0.05, 0) is 53.2 Å². The maximum absolute atomic E-state index is 13.6. The first-order valence-electron chi connectivity index (χ1n) is 5.73. The van der Waals surface area contributed by atoms with Gasteiger partial charge in [-0.1, -0.05) is 18.2 Å². The van der Waals surface area contributed by atoms with Crippen molar-refractivity contribution < 1.29 is 4.39 Å². The topological polar surface area (TPSA) is 24.9 Å². The quantitative estimate of drug-likeness (QED) is 0.935. The molecule has 2 rings (SSSR count). The van der Waals surface area contributed by atoms with Gasteiger partial charge in [0.2, 0.25) is 0 Å². The van der Waals surface area contributed by atoms with Gasteiger partial charge in [0.15, 0.2) is 0 Å². The average molecular weight is 309 g/mol. The number of likely N-dealkylation sites (N-methyl/N-ethyl adjacent to an activating group) is 1. The third-order valence-corrected chi connectivity index (χ3v) is 3.52. The first kappa shape index (κ1) is 13.2. The Balaban J connectivity index is 2.26. The summed E-state index contributed by atoms with van der Waals surface area (Å²) < 4.78 is 14.6. The first-order valence-corrected chi connectivity index (χ1v) is 6.52. The highest BCUT2D eigenvalue weighted by atomic mass is 79.9. The zero-order valence-corrected chi connectivity index (χ0v) is 11.6. The number of nitrogens with one attached hydrogen (secondary N) is 1. The molecule has 1 atom stereocenters. The van der Waals surface area contributed by atoms with Gasteiger partial charge in [0, 0.05) is 10.7 Å². The number of nitrogens with zero attached hydrogens (tertiary/aromatic N) is 1. The van der Waals surface area contributed by atoms with Crippen LogP contribution in [0.25, 0.3) is 0 Å². The molecule has 0 saturated heterocycles. The molecule has 0 radical (unpaired) electrons. The lowest BCUT2D eigenvalue weighted by Crippen LogP contribution is -2.21. The van der Waals surface area contributed by atoms with Crippen molar-refractivity contribution in [3.05, 3.63) is 64.1 Å². The standard InChI is InChI=1S/C14H14BrFN2/c1-17-13(14-11(15)6-4-8-18-14)9-10-5-2-3-7-12(10)16/h2-8,13,17H,9H2,1H3. The van der Waals surface area contributed by atoms with E-state index in [0.29, 0.717) is 12.0 Å². The van der Waals surface area contributed by atoms with Crippen molar-refractivity contribution in [3.63, 3.8) is 0 Å². The Morgan fingerprint density at radius 1 is 1.28 bits per heavy atom. The Morgan fingerprint density at radius 2 is 2.06 bits per heavy atom. The molecule has 94 valence electrons. The van der Waals surface area contributed by atoms with Gasteiger partial charge in [0.25, 0.3) is 0 Å². The minimum absolute atomic E-state index is 0.0162. The maximum Gasteiger partial charge on any atom is 0.126 e. The van der Waals surface area contributed by atoms with Gasteiger partial charge in [-0.3, -0.25) is 4.98 Å². The van der Waals surface area contributed by atoms with Crippen molar-refractivity contribution in [2.24, 2.45) is 0 Å². The molecule has 0 aliphatic carbocycles. The van der Waals surface area contributed by atoms with Crippen LogP contribution >= 0.6 is 15.9 Å². The minimum Gasteiger partial charge on any atom is -0.311 e. The predicted molar refractivity (Wildman–Crippen MR) is 73.8 cm³/mol. The normalized spacial score (nSPS) is 12.4. The van der Waals surface area contributed by atoms with Crippen molar-refractivity contribution in [3.8, 4) is 0 Å². The molecular formula is C14H14BrFN2. The average Bonchev–Trinajstić information content (AvgIpc) is 2.39. The molecule has 2 aromatic rings. The second-order valence-electron chi connectivity index (χ2n) is 4.01. The summed E-state index contributed by atoms with van der Waals surface area (Å²) in [6.45, 7) is 0. The van der Waals surface area contributed by atoms with E-state index in [4.69, 9.17) is 0 Å². The fourth-order valence-corrected chi connectivity index (χ4v) is 2.40. The summed E-state index contributed by atoms with van der Waals surface area (Å²) in [7, 11) is 1.85. The van der Waals surface area contributed by atoms with E-state index in [1.54, 1.807) is 18.3 Å². The van der Waals surface area contributed by atoms with E-state index in [2.05, 4.69) is 26.2 Å². The van der Waals surface area contributed by atoms with Gasteiger partial charge >= 0.3 is 0 Å². The first-order chi connectivity index (χ1) is 8.72. The largest absolute Gasteiger partial charge is 0.311 e. The summed E-state index contributed by atoms with van der Waals surface area (Å²) in [6, 6.07) is 10.6. The van der Waals surface area contributed by atoms with Crippen LogP contribution < -0.4 is 5.32 Å². The van der Waals surface area contributed by atoms with Crippen LogP contribution in [0.2, 0.25) is 0 Å². The fraction of sp³-hybridized carbons (Fsp3) is 0.214. The molecule has 4 heteroatoms. The Labute approximate surface area is 114 Å². The lowest BCUT2D eigenvalue weighted by atomic mass is 10.0. The molecule has 0 spiro atoms. The second kappa shape index (κ2) is 6.07. The summed E-state index contributed by atoms with van der Waals surface area (Å²) in [5.74, 6) is -0.176. The second-order valence-corrected chi connectivity index (χ2v) is 4.86. The molecule has 1 unspecified atom stereocenters. The van der Waals surface area contributed by atoms with Gasteiger partial charge in [0.05, 0.1) is 11.7 Å². The van der Waals surface area contributed by atoms with Crippen LogP contribution in [0.3, 0.4) is 0 Å². The van der Waals surface area contributed by atoms with Crippen molar-refractivity contribution in [1.82, 2.24) is 10.3 Å². The van der Waals surface area contributed by atoms with Crippen molar-refractivity contribution in [1.29, 1.82) is 0 Å². The molecule has 1 heterocycles. The van der Waals surface area contributed by atoms with Crippen LogP contribution in [0, 0.1) is 5.82 Å². The molecule has 0 saturated carbocycles. The Hall–Kier alpha value is -1.26. The summed E-state index contributed by atoms with van der Waals surface area (Å²) >= 11 is 3.47. The minimum atomic E-state index is -0.176. The van der Waals surface area contributed by atoms with Crippen LogP contribution in [-0.2, 0) is 6.42 Å². The summed E-state index contributed by atoms with van der Waals surface area (Å²) in [5, 5.41) is 3.18. The fourth-order valence-electron chi connectivity index (χ4n) is 1.87. The molecule has 18 heavy (non-hydrogen) atoms. The summed E-state index contributed by atoms with van der Waals surface area (Å²) in [4.78, 5) is 4.34. The van der Waals surface area contributed by atoms with Crippen molar-refractivity contribution >= 4 is 15.9 Å². The van der Waals surface area contributed by atoms with Gasteiger partial charge < -0.3 is 5.32 Å². The van der Waals surface area contributed by atoms with Crippen LogP contribution in [0.5, 0.6) is 0 Å². The monoisotopic (exact) mass is 308 g/mol. The Kier molecular flexibility index (Phi) is 4.44. The summed E-state index contributed by atoms with van der Waals surface area (Å²) in [5.41, 5.74) is 1.58. The molecular weight excluding hydrogens is 295 g/mol. The van der Waals surface area contributed by atoms with Gasteiger partial charge in [-0.25, -0.2) is 4.39 Å². The van der Waals surface area contributed by atoms with E-state index in [1.807, 2.05) is 25.2 Å². The van der Waals surface area contributed by atoms with Gasteiger partial charge in [0.1, 0.15) is 5.82 Å². The van der Waals surface area contributed by atoms with E-state index in [0.717, 1.165) is 10.2 Å². The molecule has 0 aliphatic rings. The molecule has 0 fully saturated rings. The number of hydrogen-bond acceptors (Lipinski definition) is 2. The van der Waals surface area contributed by atoms with Crippen molar-refractivity contribution in [2.45, 2.75) is 12.5 Å². The van der Waals surface area contributed by atoms with Gasteiger partial charge in [-0.2, -0.15) is 0 Å². The zero-order chi connectivity index (χ0) is 13.0. The molecule has 2 nitrogen and oxygen atoms in total. The van der Waals surface area contributed by atoms with Gasteiger partial charge in [-0.15, -0.1) is 0 Å². The number of halogens is 2. The molecule has 0 aliphatic heterocycles. The third-order valence-electron chi connectivity index (χ3n) is 2.85. The van der Waals surface area contributed by atoms with E-state index in [9.17, 15) is 4.39 Å². The number of rotatable bonds is 4. The van der Waals surface area contributed by atoms with Crippen molar-refractivity contribution in [2.75, 3.05) is 7.05 Å². The third kappa shape index (κ3) is 2.94. The number of hydrogen-bond donors (Lipinski definition) is 1. The Morgan fingerprint density at radius 3 is 2.72 bits per heavy atom. The lowest BCUT2D eigenvalue weighted by Gasteiger charge is -2.17. The van der Waals surface area contributed by atoms with Crippen LogP contribution in [0.4, 0.5) is 4.39 Å². The van der Waals surface area contributed by atoms with E-state index >= 15 is 0 Å². The number of pyridine rings is 1.